The van der Waals surface area contributed by atoms with Crippen LogP contribution < -0.4 is 4.90 Å². The van der Waals surface area contributed by atoms with E-state index in [-0.39, 0.29) is 17.2 Å². The van der Waals surface area contributed by atoms with Crippen LogP contribution in [0, 0.1) is 0 Å². The second-order valence-electron chi connectivity index (χ2n) is 4.56. The topological polar surface area (TPSA) is 55.3 Å². The van der Waals surface area contributed by atoms with E-state index < -0.39 is 0 Å². The molecule has 1 atom stereocenters. The lowest BCUT2D eigenvalue weighted by molar-refractivity contribution is -0.142. The Morgan fingerprint density at radius 2 is 2.14 bits per heavy atom. The van der Waals surface area contributed by atoms with Crippen LogP contribution in [0.5, 0.6) is 0 Å². The number of hydrogen-bond donors (Lipinski definition) is 0. The molecule has 0 aliphatic carbocycles. The van der Waals surface area contributed by atoms with Crippen molar-refractivity contribution in [3.63, 3.8) is 0 Å². The van der Waals surface area contributed by atoms with E-state index >= 15 is 0 Å². The number of hydrogen-bond acceptors (Lipinski definition) is 5. The van der Waals surface area contributed by atoms with E-state index in [1.54, 1.807) is 0 Å². The Balaban J connectivity index is 2.09. The van der Waals surface area contributed by atoms with Gasteiger partial charge in [0.25, 0.3) is 0 Å². The molecule has 21 heavy (non-hydrogen) atoms. The van der Waals surface area contributed by atoms with Crippen LogP contribution in [0.3, 0.4) is 0 Å². The molecule has 108 valence electrons. The number of halogens is 2. The first-order valence-corrected chi connectivity index (χ1v) is 6.99. The van der Waals surface area contributed by atoms with Gasteiger partial charge in [-0.1, -0.05) is 29.8 Å². The van der Waals surface area contributed by atoms with Crippen LogP contribution >= 0.6 is 23.2 Å². The smallest absolute Gasteiger partial charge is 0.315 e. The molecule has 0 radical (unpaired) electrons. The molecule has 1 aliphatic rings. The zero-order valence-electron chi connectivity index (χ0n) is 11.1. The molecule has 2 heterocycles. The monoisotopic (exact) mass is 323 g/mol. The highest BCUT2D eigenvalue weighted by Crippen LogP contribution is 2.42. The van der Waals surface area contributed by atoms with Crippen molar-refractivity contribution in [3.8, 4) is 0 Å². The third-order valence-corrected chi connectivity index (χ3v) is 3.85. The van der Waals surface area contributed by atoms with Gasteiger partial charge >= 0.3 is 5.97 Å². The van der Waals surface area contributed by atoms with Gasteiger partial charge in [0.05, 0.1) is 13.3 Å². The first-order valence-electron chi connectivity index (χ1n) is 6.24. The lowest BCUT2D eigenvalue weighted by atomic mass is 10.0. The van der Waals surface area contributed by atoms with Gasteiger partial charge in [0, 0.05) is 12.2 Å². The molecule has 7 heteroatoms. The van der Waals surface area contributed by atoms with E-state index in [1.165, 1.54) is 13.3 Å². The third-order valence-electron chi connectivity index (χ3n) is 3.41. The fourth-order valence-corrected chi connectivity index (χ4v) is 2.80. The van der Waals surface area contributed by atoms with Crippen molar-refractivity contribution in [1.82, 2.24) is 9.97 Å². The minimum Gasteiger partial charge on any atom is -0.468 e. The average molecular weight is 324 g/mol. The number of methoxy groups -OCH3 is 1. The van der Waals surface area contributed by atoms with Gasteiger partial charge in [-0.25, -0.2) is 4.98 Å². The number of carbonyl (C=O) groups excluding carboxylic acids is 1. The molecule has 1 aromatic heterocycles. The number of carbonyl (C=O) groups is 1. The minimum absolute atomic E-state index is 0.105. The minimum atomic E-state index is -0.379. The molecule has 0 N–H and O–H groups in total. The maximum atomic E-state index is 12.0. The molecule has 0 amide bonds. The lowest BCUT2D eigenvalue weighted by Gasteiger charge is -2.19. The van der Waals surface area contributed by atoms with E-state index in [0.29, 0.717) is 17.4 Å². The van der Waals surface area contributed by atoms with Gasteiger partial charge in [-0.3, -0.25) is 4.79 Å². The van der Waals surface area contributed by atoms with Crippen LogP contribution in [0.1, 0.15) is 11.5 Å². The van der Waals surface area contributed by atoms with Crippen molar-refractivity contribution in [1.29, 1.82) is 0 Å². The van der Waals surface area contributed by atoms with E-state index in [2.05, 4.69) is 9.97 Å². The fourth-order valence-electron chi connectivity index (χ4n) is 2.48. The van der Waals surface area contributed by atoms with Gasteiger partial charge < -0.3 is 9.64 Å². The summed E-state index contributed by atoms with van der Waals surface area (Å²) < 4.78 is 4.87. The molecule has 5 nitrogen and oxygen atoms in total. The number of anilines is 2. The predicted molar refractivity (Wildman–Crippen MR) is 80.3 cm³/mol. The number of ether oxygens (including phenoxy) is 1. The molecule has 0 saturated heterocycles. The van der Waals surface area contributed by atoms with Crippen LogP contribution in [0.15, 0.2) is 30.5 Å². The van der Waals surface area contributed by atoms with Crippen molar-refractivity contribution in [2.75, 3.05) is 18.6 Å². The van der Waals surface area contributed by atoms with E-state index in [1.807, 2.05) is 29.2 Å². The zero-order chi connectivity index (χ0) is 15.0. The van der Waals surface area contributed by atoms with Crippen LogP contribution in [0.25, 0.3) is 0 Å². The number of esters is 1. The SMILES string of the molecule is COC(=O)C1CN(c2nc(Cl)ncc2Cl)c2ccccc21. The number of benzene rings is 1. The van der Waals surface area contributed by atoms with Gasteiger partial charge in [-0.2, -0.15) is 4.98 Å². The highest BCUT2D eigenvalue weighted by molar-refractivity contribution is 6.33. The van der Waals surface area contributed by atoms with Gasteiger partial charge in [0.15, 0.2) is 5.82 Å². The van der Waals surface area contributed by atoms with Crippen LogP contribution in [0.2, 0.25) is 10.3 Å². The second-order valence-corrected chi connectivity index (χ2v) is 5.30. The maximum absolute atomic E-state index is 12.0. The van der Waals surface area contributed by atoms with E-state index in [4.69, 9.17) is 27.9 Å². The third kappa shape index (κ3) is 2.43. The van der Waals surface area contributed by atoms with Gasteiger partial charge in [-0.15, -0.1) is 0 Å². The summed E-state index contributed by atoms with van der Waals surface area (Å²) in [5, 5.41) is 0.480. The molecular formula is C14H11Cl2N3O2. The Morgan fingerprint density at radius 1 is 1.38 bits per heavy atom. The zero-order valence-corrected chi connectivity index (χ0v) is 12.6. The molecule has 0 fully saturated rings. The van der Waals surface area contributed by atoms with Crippen molar-refractivity contribution in [2.45, 2.75) is 5.92 Å². The lowest BCUT2D eigenvalue weighted by Crippen LogP contribution is -2.22. The first-order chi connectivity index (χ1) is 10.1. The average Bonchev–Trinajstić information content (AvgIpc) is 2.88. The molecule has 0 spiro atoms. The van der Waals surface area contributed by atoms with Crippen molar-refractivity contribution >= 4 is 40.7 Å². The summed E-state index contributed by atoms with van der Waals surface area (Å²) in [6, 6.07) is 7.58. The second kappa shape index (κ2) is 5.50. The van der Waals surface area contributed by atoms with E-state index in [0.717, 1.165) is 11.3 Å². The summed E-state index contributed by atoms with van der Waals surface area (Å²) in [5.74, 6) is -0.187. The van der Waals surface area contributed by atoms with Gasteiger partial charge in [0.1, 0.15) is 10.9 Å². The number of nitrogens with zero attached hydrogens (tertiary/aromatic N) is 3. The largest absolute Gasteiger partial charge is 0.468 e. The highest BCUT2D eigenvalue weighted by atomic mass is 35.5. The standard InChI is InChI=1S/C14H11Cl2N3O2/c1-21-13(20)9-7-19(11-5-3-2-4-8(9)11)12-10(15)6-17-14(16)18-12/h2-6,9H,7H2,1H3. The van der Waals surface area contributed by atoms with Crippen LogP contribution in [0.4, 0.5) is 11.5 Å². The summed E-state index contributed by atoms with van der Waals surface area (Å²) in [6.45, 7) is 0.402. The molecule has 1 aromatic carbocycles. The predicted octanol–water partition coefficient (Wildman–Crippen LogP) is 3.19. The summed E-state index contributed by atoms with van der Waals surface area (Å²) in [4.78, 5) is 21.8. The van der Waals surface area contributed by atoms with Crippen LogP contribution in [-0.2, 0) is 9.53 Å². The number of fused-ring (bicyclic) bond motifs is 1. The number of rotatable bonds is 2. The Labute approximate surface area is 131 Å². The van der Waals surface area contributed by atoms with Gasteiger partial charge in [-0.05, 0) is 23.2 Å². The molecule has 0 saturated carbocycles. The molecule has 3 rings (SSSR count). The Morgan fingerprint density at radius 3 is 2.90 bits per heavy atom. The van der Waals surface area contributed by atoms with Crippen molar-refractivity contribution in [2.24, 2.45) is 0 Å². The molecule has 1 aliphatic heterocycles. The highest BCUT2D eigenvalue weighted by Gasteiger charge is 2.36. The Kier molecular flexibility index (Phi) is 3.69. The van der Waals surface area contributed by atoms with E-state index in [9.17, 15) is 4.79 Å². The maximum Gasteiger partial charge on any atom is 0.315 e. The molecular weight excluding hydrogens is 313 g/mol. The summed E-state index contributed by atoms with van der Waals surface area (Å²) >= 11 is 12.0. The van der Waals surface area contributed by atoms with Gasteiger partial charge in [0.2, 0.25) is 5.28 Å². The van der Waals surface area contributed by atoms with Crippen LogP contribution in [-0.4, -0.2) is 29.6 Å². The fraction of sp³-hybridized carbons (Fsp3) is 0.214. The first kappa shape index (κ1) is 14.1. The Hall–Kier alpha value is -1.85. The van der Waals surface area contributed by atoms with Crippen molar-refractivity contribution in [3.05, 3.63) is 46.3 Å². The summed E-state index contributed by atoms with van der Waals surface area (Å²) in [5.41, 5.74) is 1.75. The quantitative estimate of drug-likeness (QED) is 0.627. The normalized spacial score (nSPS) is 16.7. The molecule has 0 bridgehead atoms. The summed E-state index contributed by atoms with van der Waals surface area (Å²) in [7, 11) is 1.38. The number of para-hydroxylation sites is 1. The summed E-state index contributed by atoms with van der Waals surface area (Å²) in [6.07, 6.45) is 1.44. The molecule has 2 aromatic rings. The number of aromatic nitrogens is 2. The van der Waals surface area contributed by atoms with Crippen molar-refractivity contribution < 1.29 is 9.53 Å². The molecule has 1 unspecified atom stereocenters. The Bertz CT molecular complexity index is 708.